The number of amides is 2. The molecule has 0 radical (unpaired) electrons. The molecule has 130 valence electrons. The van der Waals surface area contributed by atoms with Crippen LogP contribution in [-0.4, -0.2) is 71.6 Å². The van der Waals surface area contributed by atoms with Crippen LogP contribution in [0.1, 0.15) is 39.0 Å². The Labute approximate surface area is 136 Å². The Morgan fingerprint density at radius 1 is 1.26 bits per heavy atom. The lowest BCUT2D eigenvalue weighted by molar-refractivity contribution is -0.157. The van der Waals surface area contributed by atoms with Crippen molar-refractivity contribution in [1.82, 2.24) is 9.80 Å². The van der Waals surface area contributed by atoms with Crippen molar-refractivity contribution in [3.8, 4) is 0 Å². The van der Waals surface area contributed by atoms with Gasteiger partial charge in [-0.15, -0.1) is 0 Å². The van der Waals surface area contributed by atoms with Crippen LogP contribution in [0.4, 0.5) is 0 Å². The maximum atomic E-state index is 12.6. The molecule has 1 atom stereocenters. The molecule has 0 bridgehead atoms. The summed E-state index contributed by atoms with van der Waals surface area (Å²) in [4.78, 5) is 39.5. The molecule has 1 saturated carbocycles. The normalized spacial score (nSPS) is 22.7. The summed E-state index contributed by atoms with van der Waals surface area (Å²) in [6, 6.07) is -0.879. The first-order chi connectivity index (χ1) is 11.0. The number of aliphatic carboxylic acids is 1. The maximum absolute atomic E-state index is 12.6. The van der Waals surface area contributed by atoms with Crippen molar-refractivity contribution in [3.05, 3.63) is 0 Å². The van der Waals surface area contributed by atoms with E-state index in [1.807, 2.05) is 6.92 Å². The molecule has 0 aromatic heterocycles. The zero-order valence-corrected chi connectivity index (χ0v) is 13.7. The highest BCUT2D eigenvalue weighted by Crippen LogP contribution is 2.28. The van der Waals surface area contributed by atoms with Gasteiger partial charge in [-0.05, 0) is 19.8 Å². The summed E-state index contributed by atoms with van der Waals surface area (Å²) >= 11 is 0. The minimum atomic E-state index is -1.06. The predicted octanol–water partition coefficient (Wildman–Crippen LogP) is 0.727. The van der Waals surface area contributed by atoms with Crippen molar-refractivity contribution in [2.24, 2.45) is 5.92 Å². The fourth-order valence-electron chi connectivity index (χ4n) is 3.41. The lowest BCUT2D eigenvalue weighted by Gasteiger charge is -2.41. The minimum absolute atomic E-state index is 0.0472. The second kappa shape index (κ2) is 8.29. The van der Waals surface area contributed by atoms with Crippen molar-refractivity contribution < 1.29 is 24.2 Å². The Kier molecular flexibility index (Phi) is 6.38. The Hall–Kier alpha value is -1.63. The summed E-state index contributed by atoms with van der Waals surface area (Å²) in [6.07, 6.45) is 3.42. The van der Waals surface area contributed by atoms with Crippen molar-refractivity contribution in [3.63, 3.8) is 0 Å². The first kappa shape index (κ1) is 17.7. The second-order valence-corrected chi connectivity index (χ2v) is 6.15. The smallest absolute Gasteiger partial charge is 0.305 e. The first-order valence-corrected chi connectivity index (χ1v) is 8.43. The molecule has 7 heteroatoms. The van der Waals surface area contributed by atoms with E-state index in [1.54, 1.807) is 4.90 Å². The third kappa shape index (κ3) is 4.43. The van der Waals surface area contributed by atoms with E-state index in [2.05, 4.69) is 0 Å². The molecule has 0 aromatic carbocycles. The van der Waals surface area contributed by atoms with Crippen LogP contribution < -0.4 is 0 Å². The molecule has 0 spiro atoms. The minimum Gasteiger partial charge on any atom is -0.481 e. The lowest BCUT2D eigenvalue weighted by Crippen LogP contribution is -2.60. The van der Waals surface area contributed by atoms with Crippen molar-refractivity contribution in [2.75, 3.05) is 32.8 Å². The van der Waals surface area contributed by atoms with E-state index < -0.39 is 12.0 Å². The van der Waals surface area contributed by atoms with Crippen molar-refractivity contribution in [1.29, 1.82) is 0 Å². The van der Waals surface area contributed by atoms with E-state index in [0.29, 0.717) is 32.8 Å². The molecule has 2 aliphatic rings. The van der Waals surface area contributed by atoms with Crippen LogP contribution in [0.2, 0.25) is 0 Å². The average molecular weight is 326 g/mol. The van der Waals surface area contributed by atoms with Gasteiger partial charge in [-0.25, -0.2) is 0 Å². The van der Waals surface area contributed by atoms with Crippen LogP contribution in [0.25, 0.3) is 0 Å². The highest BCUT2D eigenvalue weighted by atomic mass is 16.5. The van der Waals surface area contributed by atoms with Crippen LogP contribution in [0.5, 0.6) is 0 Å². The molecule has 7 nitrogen and oxygen atoms in total. The number of rotatable bonds is 7. The molecule has 1 unspecified atom stereocenters. The quantitative estimate of drug-likeness (QED) is 0.697. The van der Waals surface area contributed by atoms with Crippen molar-refractivity contribution >= 4 is 17.8 Å². The van der Waals surface area contributed by atoms with E-state index >= 15 is 0 Å². The van der Waals surface area contributed by atoms with Gasteiger partial charge in [0.2, 0.25) is 11.8 Å². The fourth-order valence-corrected chi connectivity index (χ4v) is 3.41. The number of carboxylic acid groups (broad SMARTS) is 1. The van der Waals surface area contributed by atoms with Gasteiger partial charge in [-0.2, -0.15) is 0 Å². The van der Waals surface area contributed by atoms with Gasteiger partial charge in [0.15, 0.2) is 0 Å². The highest BCUT2D eigenvalue weighted by molar-refractivity contribution is 5.92. The molecule has 0 aromatic rings. The topological polar surface area (TPSA) is 87.2 Å². The molecular weight excluding hydrogens is 300 g/mol. The zero-order chi connectivity index (χ0) is 16.8. The van der Waals surface area contributed by atoms with Gasteiger partial charge >= 0.3 is 5.97 Å². The summed E-state index contributed by atoms with van der Waals surface area (Å²) in [5.74, 6) is -1.43. The fraction of sp³-hybridized carbons (Fsp3) is 0.812. The maximum Gasteiger partial charge on any atom is 0.305 e. The van der Waals surface area contributed by atoms with Crippen LogP contribution in [0, 0.1) is 5.92 Å². The summed E-state index contributed by atoms with van der Waals surface area (Å²) in [6.45, 7) is 4.18. The molecule has 1 aliphatic heterocycles. The number of carboxylic acids is 1. The van der Waals surface area contributed by atoms with E-state index in [4.69, 9.17) is 9.84 Å². The Bertz CT molecular complexity index is 448. The van der Waals surface area contributed by atoms with Crippen molar-refractivity contribution in [2.45, 2.75) is 45.1 Å². The number of carbonyl (C=O) groups is 3. The van der Waals surface area contributed by atoms with Gasteiger partial charge in [0.05, 0.1) is 13.0 Å². The number of nitrogens with zero attached hydrogens (tertiary/aromatic N) is 2. The molecular formula is C16H26N2O5. The second-order valence-electron chi connectivity index (χ2n) is 6.15. The van der Waals surface area contributed by atoms with Crippen LogP contribution >= 0.6 is 0 Å². The first-order valence-electron chi connectivity index (χ1n) is 8.43. The standard InChI is InChI=1S/C16H26N2O5/c1-2-23-10-9-17-7-8-18(13(16(17)22)11-14(19)20)15(21)12-5-3-4-6-12/h12-13H,2-11H2,1H3,(H,19,20). The van der Waals surface area contributed by atoms with Gasteiger partial charge in [-0.1, -0.05) is 12.8 Å². The van der Waals surface area contributed by atoms with E-state index in [-0.39, 0.29) is 24.2 Å². The third-order valence-corrected chi connectivity index (χ3v) is 4.65. The Morgan fingerprint density at radius 3 is 2.57 bits per heavy atom. The molecule has 1 saturated heterocycles. The molecule has 23 heavy (non-hydrogen) atoms. The van der Waals surface area contributed by atoms with Crippen LogP contribution in [-0.2, 0) is 19.1 Å². The Balaban J connectivity index is 2.05. The number of ether oxygens (including phenoxy) is 1. The Morgan fingerprint density at radius 2 is 1.96 bits per heavy atom. The number of carbonyl (C=O) groups excluding carboxylic acids is 2. The number of piperazine rings is 1. The molecule has 1 N–H and O–H groups in total. The third-order valence-electron chi connectivity index (χ3n) is 4.65. The van der Waals surface area contributed by atoms with Crippen LogP contribution in [0.15, 0.2) is 0 Å². The average Bonchev–Trinajstić information content (AvgIpc) is 3.04. The molecule has 2 rings (SSSR count). The van der Waals surface area contributed by atoms with E-state index in [9.17, 15) is 14.4 Å². The lowest BCUT2D eigenvalue weighted by atomic mass is 10.0. The summed E-state index contributed by atoms with van der Waals surface area (Å²) < 4.78 is 5.27. The van der Waals surface area contributed by atoms with Crippen LogP contribution in [0.3, 0.4) is 0 Å². The van der Waals surface area contributed by atoms with E-state index in [1.165, 1.54) is 4.90 Å². The SMILES string of the molecule is CCOCCN1CCN(C(=O)C2CCCC2)C(CC(=O)O)C1=O. The number of hydrogen-bond donors (Lipinski definition) is 1. The molecule has 1 aliphatic carbocycles. The van der Waals surface area contributed by atoms with E-state index in [0.717, 1.165) is 25.7 Å². The van der Waals surface area contributed by atoms with Gasteiger partial charge in [0.25, 0.3) is 0 Å². The van der Waals surface area contributed by atoms with Gasteiger partial charge < -0.3 is 19.6 Å². The number of hydrogen-bond acceptors (Lipinski definition) is 4. The molecule has 2 fully saturated rings. The van der Waals surface area contributed by atoms with Gasteiger partial charge in [0.1, 0.15) is 6.04 Å². The zero-order valence-electron chi connectivity index (χ0n) is 13.7. The predicted molar refractivity (Wildman–Crippen MR) is 82.8 cm³/mol. The summed E-state index contributed by atoms with van der Waals surface area (Å²) in [5, 5.41) is 9.12. The largest absolute Gasteiger partial charge is 0.481 e. The molecule has 2 amide bonds. The van der Waals surface area contributed by atoms with Gasteiger partial charge in [0, 0.05) is 32.2 Å². The molecule has 1 heterocycles. The monoisotopic (exact) mass is 326 g/mol. The summed E-state index contributed by atoms with van der Waals surface area (Å²) in [5.41, 5.74) is 0. The summed E-state index contributed by atoms with van der Waals surface area (Å²) in [7, 11) is 0. The highest BCUT2D eigenvalue weighted by Gasteiger charge is 2.40. The van der Waals surface area contributed by atoms with Gasteiger partial charge in [-0.3, -0.25) is 14.4 Å².